The van der Waals surface area contributed by atoms with E-state index in [4.69, 9.17) is 4.74 Å². The highest BCUT2D eigenvalue weighted by Crippen LogP contribution is 2.19. The molecule has 0 aromatic heterocycles. The highest BCUT2D eigenvalue weighted by Gasteiger charge is 2.15. The van der Waals surface area contributed by atoms with Crippen molar-refractivity contribution in [1.29, 1.82) is 0 Å². The summed E-state index contributed by atoms with van der Waals surface area (Å²) in [7, 11) is 3.19. The number of hydrogen-bond acceptors (Lipinski definition) is 3. The summed E-state index contributed by atoms with van der Waals surface area (Å²) in [6.07, 6.45) is -0.678. The number of amides is 1. The van der Waals surface area contributed by atoms with Gasteiger partial charge < -0.3 is 14.7 Å². The van der Waals surface area contributed by atoms with Crippen LogP contribution in [0.3, 0.4) is 0 Å². The molecule has 0 aliphatic heterocycles. The number of carbonyl (C=O) groups is 1. The van der Waals surface area contributed by atoms with Gasteiger partial charge in [0.2, 0.25) is 0 Å². The number of nitrogens with zero attached hydrogens (tertiary/aromatic N) is 1. The zero-order chi connectivity index (χ0) is 15.9. The summed E-state index contributed by atoms with van der Waals surface area (Å²) < 4.78 is 4.87. The quantitative estimate of drug-likeness (QED) is 0.891. The number of aliphatic hydroxyl groups is 1. The summed E-state index contributed by atoms with van der Waals surface area (Å²) in [5.74, 6) is -0.116. The number of ether oxygens (including phenoxy) is 1. The molecule has 4 nitrogen and oxygen atoms in total. The average molecular weight is 299 g/mol. The first kappa shape index (κ1) is 16.2. The number of methoxy groups -OCH3 is 1. The van der Waals surface area contributed by atoms with Gasteiger partial charge in [-0.3, -0.25) is 4.79 Å². The monoisotopic (exact) mass is 299 g/mol. The molecular formula is C18H21NO3. The minimum absolute atomic E-state index is 0.116. The van der Waals surface area contributed by atoms with Gasteiger partial charge in [-0.1, -0.05) is 42.5 Å². The van der Waals surface area contributed by atoms with E-state index in [2.05, 4.69) is 0 Å². The van der Waals surface area contributed by atoms with Crippen LogP contribution < -0.4 is 0 Å². The average Bonchev–Trinajstić information content (AvgIpc) is 2.55. The molecule has 0 aliphatic carbocycles. The van der Waals surface area contributed by atoms with Gasteiger partial charge in [-0.25, -0.2) is 0 Å². The third-order valence-corrected chi connectivity index (χ3v) is 3.43. The first-order chi connectivity index (χ1) is 10.6. The number of hydrogen-bond donors (Lipinski definition) is 1. The zero-order valence-corrected chi connectivity index (χ0v) is 12.9. The van der Waals surface area contributed by atoms with Crippen molar-refractivity contribution in [2.45, 2.75) is 6.10 Å². The maximum atomic E-state index is 12.3. The second-order valence-corrected chi connectivity index (χ2v) is 5.24. The minimum atomic E-state index is -0.678. The summed E-state index contributed by atoms with van der Waals surface area (Å²) in [5.41, 5.74) is 2.79. The standard InChI is InChI=1S/C18H21NO3/c1-19(12-17(20)13-22-2)18(21)16-10-8-15(9-11-16)14-6-4-3-5-7-14/h3-11,17,20H,12-13H2,1-2H3. The van der Waals surface area contributed by atoms with Gasteiger partial charge in [-0.05, 0) is 23.3 Å². The number of aliphatic hydroxyl groups excluding tert-OH is 1. The molecule has 0 saturated heterocycles. The number of carbonyl (C=O) groups excluding carboxylic acids is 1. The van der Waals surface area contributed by atoms with Crippen LogP contribution in [0.2, 0.25) is 0 Å². The first-order valence-corrected chi connectivity index (χ1v) is 7.19. The van der Waals surface area contributed by atoms with E-state index in [1.165, 1.54) is 12.0 Å². The Morgan fingerprint density at radius 1 is 1.09 bits per heavy atom. The third kappa shape index (κ3) is 4.16. The van der Waals surface area contributed by atoms with E-state index < -0.39 is 6.10 Å². The van der Waals surface area contributed by atoms with E-state index in [1.807, 2.05) is 54.6 Å². The normalized spacial score (nSPS) is 12.0. The molecule has 1 amide bonds. The maximum absolute atomic E-state index is 12.3. The van der Waals surface area contributed by atoms with E-state index in [9.17, 15) is 9.90 Å². The van der Waals surface area contributed by atoms with Crippen molar-refractivity contribution in [2.24, 2.45) is 0 Å². The molecule has 0 aliphatic rings. The van der Waals surface area contributed by atoms with E-state index in [1.54, 1.807) is 7.05 Å². The molecule has 22 heavy (non-hydrogen) atoms. The Kier molecular flexibility index (Phi) is 5.69. The van der Waals surface area contributed by atoms with Crippen molar-refractivity contribution in [3.63, 3.8) is 0 Å². The predicted molar refractivity (Wildman–Crippen MR) is 86.7 cm³/mol. The van der Waals surface area contributed by atoms with E-state index >= 15 is 0 Å². The molecule has 1 unspecified atom stereocenters. The Hall–Kier alpha value is -2.17. The largest absolute Gasteiger partial charge is 0.389 e. The molecule has 2 aromatic rings. The molecular weight excluding hydrogens is 278 g/mol. The Balaban J connectivity index is 2.05. The van der Waals surface area contributed by atoms with Crippen LogP contribution in [-0.2, 0) is 4.74 Å². The fourth-order valence-electron chi connectivity index (χ4n) is 2.30. The van der Waals surface area contributed by atoms with Crippen LogP contribution in [0.25, 0.3) is 11.1 Å². The zero-order valence-electron chi connectivity index (χ0n) is 12.9. The topological polar surface area (TPSA) is 49.8 Å². The molecule has 1 N–H and O–H groups in total. The number of benzene rings is 2. The summed E-state index contributed by atoms with van der Waals surface area (Å²) in [6, 6.07) is 17.5. The molecule has 0 radical (unpaired) electrons. The van der Waals surface area contributed by atoms with Gasteiger partial charge in [0, 0.05) is 26.3 Å². The van der Waals surface area contributed by atoms with Gasteiger partial charge in [0.05, 0.1) is 12.7 Å². The van der Waals surface area contributed by atoms with Crippen LogP contribution in [0.15, 0.2) is 54.6 Å². The van der Waals surface area contributed by atoms with E-state index in [-0.39, 0.29) is 19.1 Å². The van der Waals surface area contributed by atoms with Crippen LogP contribution in [0, 0.1) is 0 Å². The van der Waals surface area contributed by atoms with E-state index in [0.717, 1.165) is 11.1 Å². The van der Waals surface area contributed by atoms with Crippen molar-refractivity contribution >= 4 is 5.91 Å². The van der Waals surface area contributed by atoms with Gasteiger partial charge in [0.25, 0.3) is 5.91 Å². The van der Waals surface area contributed by atoms with Gasteiger partial charge in [-0.2, -0.15) is 0 Å². The molecule has 1 atom stereocenters. The van der Waals surface area contributed by atoms with Crippen LogP contribution in [-0.4, -0.2) is 49.3 Å². The van der Waals surface area contributed by atoms with Crippen molar-refractivity contribution < 1.29 is 14.6 Å². The summed E-state index contributed by atoms with van der Waals surface area (Å²) >= 11 is 0. The second-order valence-electron chi connectivity index (χ2n) is 5.24. The lowest BCUT2D eigenvalue weighted by molar-refractivity contribution is 0.0380. The molecule has 116 valence electrons. The molecule has 4 heteroatoms. The van der Waals surface area contributed by atoms with Crippen molar-refractivity contribution in [3.8, 4) is 11.1 Å². The van der Waals surface area contributed by atoms with Crippen LogP contribution in [0.1, 0.15) is 10.4 Å². The Morgan fingerprint density at radius 2 is 1.68 bits per heavy atom. The van der Waals surface area contributed by atoms with Crippen molar-refractivity contribution in [2.75, 3.05) is 27.3 Å². The molecule has 0 spiro atoms. The maximum Gasteiger partial charge on any atom is 0.253 e. The molecule has 2 rings (SSSR count). The van der Waals surface area contributed by atoms with Gasteiger partial charge in [0.1, 0.15) is 0 Å². The first-order valence-electron chi connectivity index (χ1n) is 7.19. The summed E-state index contributed by atoms with van der Waals surface area (Å²) in [6.45, 7) is 0.456. The fraction of sp³-hybridized carbons (Fsp3) is 0.278. The number of rotatable bonds is 6. The lowest BCUT2D eigenvalue weighted by Crippen LogP contribution is -2.36. The summed E-state index contributed by atoms with van der Waals surface area (Å²) in [4.78, 5) is 13.8. The molecule has 0 saturated carbocycles. The van der Waals surface area contributed by atoms with Crippen molar-refractivity contribution in [3.05, 3.63) is 60.2 Å². The Bertz CT molecular complexity index is 595. The van der Waals surface area contributed by atoms with Crippen LogP contribution >= 0.6 is 0 Å². The number of likely N-dealkylation sites (N-methyl/N-ethyl adjacent to an activating group) is 1. The highest BCUT2D eigenvalue weighted by atomic mass is 16.5. The summed E-state index contributed by atoms with van der Waals surface area (Å²) in [5, 5.41) is 9.69. The Morgan fingerprint density at radius 3 is 2.27 bits per heavy atom. The van der Waals surface area contributed by atoms with Gasteiger partial charge >= 0.3 is 0 Å². The minimum Gasteiger partial charge on any atom is -0.389 e. The van der Waals surface area contributed by atoms with Gasteiger partial charge in [-0.15, -0.1) is 0 Å². The van der Waals surface area contributed by atoms with E-state index in [0.29, 0.717) is 5.56 Å². The SMILES string of the molecule is COCC(O)CN(C)C(=O)c1ccc(-c2ccccc2)cc1. The molecule has 2 aromatic carbocycles. The fourth-order valence-corrected chi connectivity index (χ4v) is 2.30. The van der Waals surface area contributed by atoms with Crippen molar-refractivity contribution in [1.82, 2.24) is 4.90 Å². The van der Waals surface area contributed by atoms with Crippen LogP contribution in [0.5, 0.6) is 0 Å². The predicted octanol–water partition coefficient (Wildman–Crippen LogP) is 2.43. The van der Waals surface area contributed by atoms with Gasteiger partial charge in [0.15, 0.2) is 0 Å². The highest BCUT2D eigenvalue weighted by molar-refractivity contribution is 5.94. The third-order valence-electron chi connectivity index (χ3n) is 3.43. The lowest BCUT2D eigenvalue weighted by Gasteiger charge is -2.20. The second kappa shape index (κ2) is 7.73. The Labute approximate surface area is 131 Å². The van der Waals surface area contributed by atoms with Crippen LogP contribution in [0.4, 0.5) is 0 Å². The smallest absolute Gasteiger partial charge is 0.253 e. The lowest BCUT2D eigenvalue weighted by atomic mass is 10.0. The molecule has 0 heterocycles. The molecule has 0 fully saturated rings. The molecule has 0 bridgehead atoms.